The molecule has 0 fully saturated rings. The highest BCUT2D eigenvalue weighted by Gasteiger charge is 2.08. The van der Waals surface area contributed by atoms with E-state index in [4.69, 9.17) is 4.74 Å². The third-order valence-electron chi connectivity index (χ3n) is 4.52. The summed E-state index contributed by atoms with van der Waals surface area (Å²) in [6, 6.07) is 16.2. The van der Waals surface area contributed by atoms with Gasteiger partial charge in [0.25, 0.3) is 5.91 Å². The molecule has 1 amide bonds. The van der Waals surface area contributed by atoms with Crippen molar-refractivity contribution in [1.29, 1.82) is 0 Å². The topological polar surface area (TPSA) is 63.2 Å². The second kappa shape index (κ2) is 10.2. The lowest BCUT2D eigenvalue weighted by molar-refractivity contribution is 0.0953. The molecule has 3 aromatic rings. The van der Waals surface area contributed by atoms with Crippen LogP contribution in [0.25, 0.3) is 0 Å². The number of nitrogens with one attached hydrogen (secondary N) is 2. The molecule has 0 bridgehead atoms. The second-order valence-corrected chi connectivity index (χ2v) is 6.59. The molecule has 1 aromatic heterocycles. The molecule has 2 N–H and O–H groups in total. The normalized spacial score (nSPS) is 10.4. The van der Waals surface area contributed by atoms with Gasteiger partial charge in [0.05, 0.1) is 18.4 Å². The number of hydrogen-bond donors (Lipinski definition) is 2. The Hall–Kier alpha value is -3.41. The van der Waals surface area contributed by atoms with E-state index in [-0.39, 0.29) is 11.7 Å². The Kier molecular flexibility index (Phi) is 7.16. The van der Waals surface area contributed by atoms with Crippen molar-refractivity contribution in [2.45, 2.75) is 12.8 Å². The van der Waals surface area contributed by atoms with E-state index < -0.39 is 0 Å². The van der Waals surface area contributed by atoms with Crippen molar-refractivity contribution in [3.05, 3.63) is 89.5 Å². The highest BCUT2D eigenvalue weighted by atomic mass is 19.1. The first kappa shape index (κ1) is 20.3. The number of ether oxygens (including phenoxy) is 1. The maximum Gasteiger partial charge on any atom is 0.252 e. The van der Waals surface area contributed by atoms with E-state index in [0.29, 0.717) is 30.6 Å². The van der Waals surface area contributed by atoms with Gasteiger partial charge in [0, 0.05) is 25.5 Å². The first-order valence-electron chi connectivity index (χ1n) is 9.49. The smallest absolute Gasteiger partial charge is 0.252 e. The number of carbonyl (C=O) groups excluding carboxylic acids is 1. The number of carbonyl (C=O) groups is 1. The van der Waals surface area contributed by atoms with E-state index in [1.54, 1.807) is 37.6 Å². The summed E-state index contributed by atoms with van der Waals surface area (Å²) < 4.78 is 18.9. The van der Waals surface area contributed by atoms with E-state index >= 15 is 0 Å². The molecule has 0 unspecified atom stereocenters. The van der Waals surface area contributed by atoms with Gasteiger partial charge in [0.1, 0.15) is 11.6 Å². The minimum Gasteiger partial charge on any atom is -0.497 e. The largest absolute Gasteiger partial charge is 0.497 e. The Morgan fingerprint density at radius 1 is 1.03 bits per heavy atom. The van der Waals surface area contributed by atoms with Gasteiger partial charge in [-0.2, -0.15) is 0 Å². The molecule has 6 heteroatoms. The van der Waals surface area contributed by atoms with Gasteiger partial charge in [0.2, 0.25) is 0 Å². The Labute approximate surface area is 169 Å². The van der Waals surface area contributed by atoms with Crippen molar-refractivity contribution < 1.29 is 13.9 Å². The molecule has 0 saturated heterocycles. The standard InChI is InChI=1S/C23H24FN3O2/c1-29-21-7-4-5-17(13-21)9-11-26-20-14-19(15-25-16-20)23(28)27-12-10-18-6-2-3-8-22(18)24/h2-8,13-16,26H,9-12H2,1H3,(H,27,28). The highest BCUT2D eigenvalue weighted by molar-refractivity contribution is 5.94. The Balaban J connectivity index is 1.49. The molecule has 0 saturated carbocycles. The average Bonchev–Trinajstić information content (AvgIpc) is 2.75. The summed E-state index contributed by atoms with van der Waals surface area (Å²) in [6.07, 6.45) is 4.45. The SMILES string of the molecule is COc1cccc(CCNc2cncc(C(=O)NCCc3ccccc3F)c2)c1. The minimum absolute atomic E-state index is 0.231. The van der Waals surface area contributed by atoms with E-state index in [1.807, 2.05) is 24.3 Å². The number of nitrogens with zero attached hydrogens (tertiary/aromatic N) is 1. The molecule has 0 aliphatic heterocycles. The maximum atomic E-state index is 13.6. The maximum absolute atomic E-state index is 13.6. The summed E-state index contributed by atoms with van der Waals surface area (Å²) in [5.74, 6) is 0.342. The van der Waals surface area contributed by atoms with Crippen LogP contribution in [-0.2, 0) is 12.8 Å². The lowest BCUT2D eigenvalue weighted by Crippen LogP contribution is -2.26. The fourth-order valence-electron chi connectivity index (χ4n) is 2.95. The first-order valence-corrected chi connectivity index (χ1v) is 9.49. The number of rotatable bonds is 9. The molecule has 1 heterocycles. The van der Waals surface area contributed by atoms with Gasteiger partial charge in [-0.25, -0.2) is 4.39 Å². The number of methoxy groups -OCH3 is 1. The van der Waals surface area contributed by atoms with E-state index in [0.717, 1.165) is 23.4 Å². The summed E-state index contributed by atoms with van der Waals surface area (Å²) >= 11 is 0. The molecule has 3 rings (SSSR count). The highest BCUT2D eigenvalue weighted by Crippen LogP contribution is 2.14. The Bertz CT molecular complexity index is 962. The zero-order valence-corrected chi connectivity index (χ0v) is 16.3. The molecule has 0 radical (unpaired) electrons. The summed E-state index contributed by atoms with van der Waals surface area (Å²) in [5.41, 5.74) is 2.98. The number of hydrogen-bond acceptors (Lipinski definition) is 4. The number of halogens is 1. The van der Waals surface area contributed by atoms with Crippen molar-refractivity contribution in [2.24, 2.45) is 0 Å². The lowest BCUT2D eigenvalue weighted by Gasteiger charge is -2.09. The van der Waals surface area contributed by atoms with Crippen LogP contribution in [0.5, 0.6) is 5.75 Å². The van der Waals surface area contributed by atoms with Gasteiger partial charge >= 0.3 is 0 Å². The number of anilines is 1. The zero-order chi connectivity index (χ0) is 20.5. The van der Waals surface area contributed by atoms with Gasteiger partial charge < -0.3 is 15.4 Å². The predicted molar refractivity (Wildman–Crippen MR) is 112 cm³/mol. The molecule has 150 valence electrons. The molecule has 29 heavy (non-hydrogen) atoms. The van der Waals surface area contributed by atoms with Crippen molar-refractivity contribution in [1.82, 2.24) is 10.3 Å². The van der Waals surface area contributed by atoms with Crippen molar-refractivity contribution in [2.75, 3.05) is 25.5 Å². The Morgan fingerprint density at radius 2 is 1.90 bits per heavy atom. The minimum atomic E-state index is -0.259. The molecule has 0 aliphatic carbocycles. The van der Waals surface area contributed by atoms with Gasteiger partial charge in [-0.15, -0.1) is 0 Å². The van der Waals surface area contributed by atoms with E-state index in [2.05, 4.69) is 15.6 Å². The monoisotopic (exact) mass is 393 g/mol. The molecular weight excluding hydrogens is 369 g/mol. The van der Waals surface area contributed by atoms with Crippen molar-refractivity contribution in [3.8, 4) is 5.75 Å². The molecule has 5 nitrogen and oxygen atoms in total. The quantitative estimate of drug-likeness (QED) is 0.580. The molecule has 0 spiro atoms. The van der Waals surface area contributed by atoms with Crippen LogP contribution in [0.3, 0.4) is 0 Å². The summed E-state index contributed by atoms with van der Waals surface area (Å²) in [7, 11) is 1.65. The predicted octanol–water partition coefficient (Wildman–Crippen LogP) is 3.86. The number of pyridine rings is 1. The first-order chi connectivity index (χ1) is 14.2. The fourth-order valence-corrected chi connectivity index (χ4v) is 2.95. The van der Waals surface area contributed by atoms with Gasteiger partial charge in [-0.3, -0.25) is 9.78 Å². The van der Waals surface area contributed by atoms with E-state index in [1.165, 1.54) is 12.3 Å². The van der Waals surface area contributed by atoms with E-state index in [9.17, 15) is 9.18 Å². The molecule has 0 atom stereocenters. The Morgan fingerprint density at radius 3 is 2.72 bits per heavy atom. The van der Waals surface area contributed by atoms with Crippen LogP contribution in [0.2, 0.25) is 0 Å². The summed E-state index contributed by atoms with van der Waals surface area (Å²) in [6.45, 7) is 1.06. The van der Waals surface area contributed by atoms with Crippen LogP contribution < -0.4 is 15.4 Å². The third kappa shape index (κ3) is 6.04. The number of amides is 1. The average molecular weight is 393 g/mol. The van der Waals surface area contributed by atoms with Gasteiger partial charge in [-0.1, -0.05) is 30.3 Å². The lowest BCUT2D eigenvalue weighted by atomic mass is 10.1. The zero-order valence-electron chi connectivity index (χ0n) is 16.3. The van der Waals surface area contributed by atoms with Crippen LogP contribution in [-0.4, -0.2) is 31.1 Å². The van der Waals surface area contributed by atoms with Crippen molar-refractivity contribution in [3.63, 3.8) is 0 Å². The van der Waals surface area contributed by atoms with Gasteiger partial charge in [-0.05, 0) is 48.2 Å². The van der Waals surface area contributed by atoms with Crippen LogP contribution in [0.4, 0.5) is 10.1 Å². The number of benzene rings is 2. The van der Waals surface area contributed by atoms with Crippen molar-refractivity contribution >= 4 is 11.6 Å². The molecular formula is C23H24FN3O2. The van der Waals surface area contributed by atoms with Crippen LogP contribution >= 0.6 is 0 Å². The molecule has 0 aliphatic rings. The van der Waals surface area contributed by atoms with Crippen LogP contribution in [0.15, 0.2) is 67.0 Å². The van der Waals surface area contributed by atoms with Crippen LogP contribution in [0, 0.1) is 5.82 Å². The third-order valence-corrected chi connectivity index (χ3v) is 4.52. The molecule has 2 aromatic carbocycles. The fraction of sp³-hybridized carbons (Fsp3) is 0.217. The number of aromatic nitrogens is 1. The van der Waals surface area contributed by atoms with Gasteiger partial charge in [0.15, 0.2) is 0 Å². The summed E-state index contributed by atoms with van der Waals surface area (Å²) in [5, 5.41) is 6.09. The second-order valence-electron chi connectivity index (χ2n) is 6.59. The van der Waals surface area contributed by atoms with Crippen LogP contribution in [0.1, 0.15) is 21.5 Å². The summed E-state index contributed by atoms with van der Waals surface area (Å²) in [4.78, 5) is 16.5.